The van der Waals surface area contributed by atoms with Gasteiger partial charge < -0.3 is 10.1 Å². The van der Waals surface area contributed by atoms with Gasteiger partial charge in [-0.2, -0.15) is 11.8 Å². The third kappa shape index (κ3) is 2.96. The van der Waals surface area contributed by atoms with Gasteiger partial charge in [-0.3, -0.25) is 0 Å². The third-order valence-corrected chi connectivity index (χ3v) is 4.67. The molecule has 1 aromatic rings. The van der Waals surface area contributed by atoms with E-state index in [0.717, 1.165) is 23.7 Å². The molecule has 1 atom stereocenters. The van der Waals surface area contributed by atoms with Crippen LogP contribution >= 0.6 is 11.8 Å². The van der Waals surface area contributed by atoms with Crippen LogP contribution in [-0.2, 0) is 6.42 Å². The van der Waals surface area contributed by atoms with E-state index in [0.29, 0.717) is 12.1 Å². The smallest absolute Gasteiger partial charge is 0.120 e. The SMILES string of the molecule is c1cc(CC2CCCN2)cc(OC2CSC2)c1. The highest BCUT2D eigenvalue weighted by Crippen LogP contribution is 2.25. The molecule has 92 valence electrons. The van der Waals surface area contributed by atoms with Crippen LogP contribution in [0.25, 0.3) is 0 Å². The van der Waals surface area contributed by atoms with Crippen LogP contribution in [0, 0.1) is 0 Å². The van der Waals surface area contributed by atoms with E-state index >= 15 is 0 Å². The van der Waals surface area contributed by atoms with Crippen molar-refractivity contribution in [3.8, 4) is 5.75 Å². The van der Waals surface area contributed by atoms with Crippen molar-refractivity contribution in [2.24, 2.45) is 0 Å². The van der Waals surface area contributed by atoms with E-state index in [9.17, 15) is 0 Å². The normalized spacial score (nSPS) is 24.6. The Balaban J connectivity index is 1.61. The number of thioether (sulfide) groups is 1. The molecule has 3 rings (SSSR count). The molecule has 0 aromatic heterocycles. The second kappa shape index (κ2) is 5.32. The summed E-state index contributed by atoms with van der Waals surface area (Å²) in [7, 11) is 0. The largest absolute Gasteiger partial charge is 0.489 e. The van der Waals surface area contributed by atoms with Crippen LogP contribution in [0.2, 0.25) is 0 Å². The number of nitrogens with one attached hydrogen (secondary N) is 1. The van der Waals surface area contributed by atoms with E-state index in [1.807, 2.05) is 11.8 Å². The fourth-order valence-electron chi connectivity index (χ4n) is 2.44. The van der Waals surface area contributed by atoms with Gasteiger partial charge in [-0.15, -0.1) is 0 Å². The Morgan fingerprint density at radius 3 is 3.00 bits per heavy atom. The molecule has 2 heterocycles. The fourth-order valence-corrected chi connectivity index (χ4v) is 3.00. The van der Waals surface area contributed by atoms with Crippen LogP contribution in [-0.4, -0.2) is 30.2 Å². The van der Waals surface area contributed by atoms with E-state index in [4.69, 9.17) is 4.74 Å². The maximum absolute atomic E-state index is 5.91. The zero-order valence-corrected chi connectivity index (χ0v) is 10.8. The van der Waals surface area contributed by atoms with Crippen molar-refractivity contribution in [3.05, 3.63) is 29.8 Å². The monoisotopic (exact) mass is 249 g/mol. The zero-order chi connectivity index (χ0) is 11.5. The molecule has 0 bridgehead atoms. The molecule has 2 saturated heterocycles. The van der Waals surface area contributed by atoms with Crippen molar-refractivity contribution in [3.63, 3.8) is 0 Å². The van der Waals surface area contributed by atoms with Crippen molar-refractivity contribution in [1.82, 2.24) is 5.32 Å². The lowest BCUT2D eigenvalue weighted by molar-refractivity contribution is 0.240. The minimum absolute atomic E-state index is 0.444. The Labute approximate surface area is 107 Å². The summed E-state index contributed by atoms with van der Waals surface area (Å²) in [5.41, 5.74) is 1.40. The predicted molar refractivity (Wildman–Crippen MR) is 72.9 cm³/mol. The van der Waals surface area contributed by atoms with Crippen LogP contribution < -0.4 is 10.1 Å². The van der Waals surface area contributed by atoms with Gasteiger partial charge in [0.1, 0.15) is 11.9 Å². The number of rotatable bonds is 4. The quantitative estimate of drug-likeness (QED) is 0.886. The van der Waals surface area contributed by atoms with Gasteiger partial charge in [0.15, 0.2) is 0 Å². The van der Waals surface area contributed by atoms with Crippen LogP contribution in [0.1, 0.15) is 18.4 Å². The lowest BCUT2D eigenvalue weighted by atomic mass is 10.0. The lowest BCUT2D eigenvalue weighted by Gasteiger charge is -2.26. The maximum atomic E-state index is 5.91. The Hall–Kier alpha value is -0.670. The van der Waals surface area contributed by atoms with Crippen LogP contribution in [0.3, 0.4) is 0 Å². The van der Waals surface area contributed by atoms with Gasteiger partial charge >= 0.3 is 0 Å². The molecule has 0 spiro atoms. The average molecular weight is 249 g/mol. The second-order valence-corrected chi connectivity index (χ2v) is 6.00. The Bertz CT molecular complexity index is 372. The van der Waals surface area contributed by atoms with Gasteiger partial charge in [0.25, 0.3) is 0 Å². The highest BCUT2D eigenvalue weighted by molar-refractivity contribution is 8.00. The van der Waals surface area contributed by atoms with Crippen LogP contribution in [0.4, 0.5) is 0 Å². The van der Waals surface area contributed by atoms with Crippen molar-refractivity contribution >= 4 is 11.8 Å². The topological polar surface area (TPSA) is 21.3 Å². The number of hydrogen-bond acceptors (Lipinski definition) is 3. The number of ether oxygens (including phenoxy) is 1. The molecule has 2 nitrogen and oxygen atoms in total. The van der Waals surface area contributed by atoms with Gasteiger partial charge in [-0.05, 0) is 43.5 Å². The van der Waals surface area contributed by atoms with E-state index in [-0.39, 0.29) is 0 Å². The number of hydrogen-bond donors (Lipinski definition) is 1. The summed E-state index contributed by atoms with van der Waals surface area (Å²) in [5, 5.41) is 3.54. The molecular formula is C14H19NOS. The fraction of sp³-hybridized carbons (Fsp3) is 0.571. The van der Waals surface area contributed by atoms with Gasteiger partial charge in [0.05, 0.1) is 0 Å². The molecule has 1 aromatic carbocycles. The highest BCUT2D eigenvalue weighted by atomic mass is 32.2. The molecule has 1 unspecified atom stereocenters. The summed E-state index contributed by atoms with van der Waals surface area (Å²) in [5.74, 6) is 3.34. The van der Waals surface area contributed by atoms with Gasteiger partial charge in [0, 0.05) is 17.5 Å². The minimum atomic E-state index is 0.444. The molecule has 0 amide bonds. The first kappa shape index (κ1) is 11.4. The summed E-state index contributed by atoms with van der Waals surface area (Å²) in [6.07, 6.45) is 4.21. The molecular weight excluding hydrogens is 230 g/mol. The van der Waals surface area contributed by atoms with Crippen molar-refractivity contribution in [2.75, 3.05) is 18.1 Å². The van der Waals surface area contributed by atoms with Crippen molar-refractivity contribution in [2.45, 2.75) is 31.4 Å². The zero-order valence-electron chi connectivity index (χ0n) is 10.0. The van der Waals surface area contributed by atoms with Gasteiger partial charge in [-0.25, -0.2) is 0 Å². The Morgan fingerprint density at radius 2 is 2.29 bits per heavy atom. The lowest BCUT2D eigenvalue weighted by Crippen LogP contribution is -2.31. The molecule has 1 N–H and O–H groups in total. The summed E-state index contributed by atoms with van der Waals surface area (Å²) in [6, 6.07) is 9.29. The molecule has 3 heteroatoms. The standard InChI is InChI=1S/C14H19NOS/c1-3-11(7-12-4-2-6-15-12)8-13(5-1)16-14-9-17-10-14/h1,3,5,8,12,14-15H,2,4,6-7,9-10H2. The van der Waals surface area contributed by atoms with Gasteiger partial charge in [-0.1, -0.05) is 12.1 Å². The van der Waals surface area contributed by atoms with Crippen molar-refractivity contribution in [1.29, 1.82) is 0 Å². The van der Waals surface area contributed by atoms with E-state index in [1.54, 1.807) is 0 Å². The first-order chi connectivity index (χ1) is 8.40. The summed E-state index contributed by atoms with van der Waals surface area (Å²) in [6.45, 7) is 1.18. The first-order valence-corrected chi connectivity index (χ1v) is 7.62. The molecule has 0 aliphatic carbocycles. The van der Waals surface area contributed by atoms with Crippen molar-refractivity contribution < 1.29 is 4.74 Å². The molecule has 0 radical (unpaired) electrons. The second-order valence-electron chi connectivity index (χ2n) is 4.92. The minimum Gasteiger partial charge on any atom is -0.489 e. The van der Waals surface area contributed by atoms with E-state index in [1.165, 1.54) is 24.9 Å². The Kier molecular flexibility index (Phi) is 3.57. The molecule has 2 aliphatic rings. The summed E-state index contributed by atoms with van der Waals surface area (Å²) < 4.78 is 5.91. The maximum Gasteiger partial charge on any atom is 0.120 e. The predicted octanol–water partition coefficient (Wildman–Crippen LogP) is 2.48. The van der Waals surface area contributed by atoms with Crippen LogP contribution in [0.15, 0.2) is 24.3 Å². The Morgan fingerprint density at radius 1 is 1.35 bits per heavy atom. The molecule has 0 saturated carbocycles. The average Bonchev–Trinajstić information content (AvgIpc) is 2.77. The van der Waals surface area contributed by atoms with E-state index < -0.39 is 0 Å². The first-order valence-electron chi connectivity index (χ1n) is 6.47. The van der Waals surface area contributed by atoms with Crippen LogP contribution in [0.5, 0.6) is 5.75 Å². The summed E-state index contributed by atoms with van der Waals surface area (Å²) >= 11 is 1.96. The van der Waals surface area contributed by atoms with E-state index in [2.05, 4.69) is 29.6 Å². The molecule has 2 aliphatic heterocycles. The summed E-state index contributed by atoms with van der Waals surface area (Å²) in [4.78, 5) is 0. The highest BCUT2D eigenvalue weighted by Gasteiger charge is 2.20. The molecule has 17 heavy (non-hydrogen) atoms. The van der Waals surface area contributed by atoms with Gasteiger partial charge in [0.2, 0.25) is 0 Å². The third-order valence-electron chi connectivity index (χ3n) is 3.45. The number of benzene rings is 1. The molecule has 2 fully saturated rings.